The summed E-state index contributed by atoms with van der Waals surface area (Å²) in [6, 6.07) is 9.70. The lowest BCUT2D eigenvalue weighted by atomic mass is 9.87. The van der Waals surface area contributed by atoms with Crippen molar-refractivity contribution >= 4 is 44.2 Å². The Morgan fingerprint density at radius 3 is 2.97 bits per heavy atom. The predicted octanol–water partition coefficient (Wildman–Crippen LogP) is 3.23. The second-order valence-electron chi connectivity index (χ2n) is 8.74. The summed E-state index contributed by atoms with van der Waals surface area (Å²) in [4.78, 5) is 36.1. The van der Waals surface area contributed by atoms with Crippen LogP contribution in [0.5, 0.6) is 11.5 Å². The van der Waals surface area contributed by atoms with Crippen LogP contribution in [-0.4, -0.2) is 52.8 Å². The van der Waals surface area contributed by atoms with Crippen molar-refractivity contribution in [3.8, 4) is 11.5 Å². The third kappa shape index (κ3) is 3.77. The molecule has 6 rings (SSSR count). The van der Waals surface area contributed by atoms with E-state index in [-0.39, 0.29) is 23.7 Å². The van der Waals surface area contributed by atoms with Gasteiger partial charge in [-0.15, -0.1) is 23.7 Å². The smallest absolute Gasteiger partial charge is 0.328 e. The molecule has 1 fully saturated rings. The maximum atomic E-state index is 13.0. The molecule has 0 spiro atoms. The Hall–Kier alpha value is -2.88. The monoisotopic (exact) mass is 500 g/mol. The van der Waals surface area contributed by atoms with Gasteiger partial charge in [0.05, 0.1) is 19.2 Å². The molecule has 5 heterocycles. The average Bonchev–Trinajstić information content (AvgIpc) is 3.42. The number of thiophene rings is 1. The van der Waals surface area contributed by atoms with Gasteiger partial charge in [0.25, 0.3) is 5.56 Å². The van der Waals surface area contributed by atoms with E-state index in [0.29, 0.717) is 28.6 Å². The molecule has 8 nitrogen and oxygen atoms in total. The normalized spacial score (nSPS) is 19.4. The van der Waals surface area contributed by atoms with Gasteiger partial charge in [0, 0.05) is 48.6 Å². The van der Waals surface area contributed by atoms with Gasteiger partial charge in [-0.05, 0) is 43.3 Å². The van der Waals surface area contributed by atoms with Crippen LogP contribution in [0.1, 0.15) is 17.9 Å². The zero-order chi connectivity index (χ0) is 22.5. The van der Waals surface area contributed by atoms with Crippen LogP contribution < -0.4 is 20.7 Å². The van der Waals surface area contributed by atoms with E-state index in [2.05, 4.69) is 20.9 Å². The van der Waals surface area contributed by atoms with Crippen molar-refractivity contribution in [1.29, 1.82) is 0 Å². The van der Waals surface area contributed by atoms with E-state index in [1.165, 1.54) is 21.5 Å². The minimum atomic E-state index is -0.361. The number of hydrogen-bond donors (Lipinski definition) is 1. The molecular weight excluding hydrogens is 476 g/mol. The standard InChI is InChI=1S/C24H24N4O4S.ClH/c1-31-15-5-6-19-17(10-15)18-12-27(11-14(18)13-32-19)8-3-9-28-23(29)21-20(26-24(28)30)16-4-2-7-25-22(16)33-21;/h2,4-7,10,14,18H,3,8-9,11-13H2,1H3,(H,26,30);1H/t14-,18-;/m1./s1. The van der Waals surface area contributed by atoms with Crippen LogP contribution in [0, 0.1) is 5.92 Å². The van der Waals surface area contributed by atoms with Crippen molar-refractivity contribution in [2.75, 3.05) is 33.4 Å². The quantitative estimate of drug-likeness (QED) is 0.452. The SMILES string of the molecule is COc1ccc2c(c1)[C@@H]1CN(CCCn3c(=O)[nH]c4c(sc5ncccc54)c3=O)C[C@@H]1CO2.Cl. The van der Waals surface area contributed by atoms with E-state index in [0.717, 1.165) is 54.4 Å². The number of hydrogen-bond acceptors (Lipinski definition) is 7. The average molecular weight is 501 g/mol. The number of aromatic nitrogens is 3. The molecule has 2 aliphatic heterocycles. The molecule has 0 unspecified atom stereocenters. The van der Waals surface area contributed by atoms with Crippen LogP contribution in [0.15, 0.2) is 46.1 Å². The van der Waals surface area contributed by atoms with Gasteiger partial charge in [-0.1, -0.05) is 0 Å². The molecule has 0 saturated carbocycles. The number of nitrogens with one attached hydrogen (secondary N) is 1. The Morgan fingerprint density at radius 1 is 1.24 bits per heavy atom. The van der Waals surface area contributed by atoms with Crippen LogP contribution in [0.3, 0.4) is 0 Å². The Kier molecular flexibility index (Phi) is 6.09. The Morgan fingerprint density at radius 2 is 2.12 bits per heavy atom. The maximum Gasteiger partial charge on any atom is 0.328 e. The zero-order valence-corrected chi connectivity index (χ0v) is 20.3. The summed E-state index contributed by atoms with van der Waals surface area (Å²) in [5, 5.41) is 0.817. The van der Waals surface area contributed by atoms with E-state index in [9.17, 15) is 9.59 Å². The lowest BCUT2D eigenvalue weighted by molar-refractivity contribution is 0.211. The highest BCUT2D eigenvalue weighted by Gasteiger charge is 2.38. The molecule has 10 heteroatoms. The lowest BCUT2D eigenvalue weighted by Crippen LogP contribution is -2.35. The van der Waals surface area contributed by atoms with Crippen LogP contribution in [0.2, 0.25) is 0 Å². The molecule has 1 saturated heterocycles. The van der Waals surface area contributed by atoms with Gasteiger partial charge in [-0.2, -0.15) is 0 Å². The molecule has 4 aromatic rings. The molecule has 1 aromatic carbocycles. The second kappa shape index (κ2) is 9.05. The van der Waals surface area contributed by atoms with Gasteiger partial charge < -0.3 is 19.4 Å². The molecule has 0 bridgehead atoms. The first-order valence-corrected chi connectivity index (χ1v) is 12.0. The van der Waals surface area contributed by atoms with Crippen LogP contribution in [0.4, 0.5) is 0 Å². The molecule has 1 N–H and O–H groups in total. The Balaban J connectivity index is 0.00000241. The molecule has 0 radical (unpaired) electrons. The summed E-state index contributed by atoms with van der Waals surface area (Å²) in [6.07, 6.45) is 2.42. The Bertz CT molecular complexity index is 1480. The Labute approximate surface area is 205 Å². The highest BCUT2D eigenvalue weighted by molar-refractivity contribution is 7.25. The summed E-state index contributed by atoms with van der Waals surface area (Å²) in [5.74, 6) is 2.65. The fourth-order valence-corrected chi connectivity index (χ4v) is 6.24. The molecular formula is C24H25ClN4O4S. The predicted molar refractivity (Wildman–Crippen MR) is 135 cm³/mol. The summed E-state index contributed by atoms with van der Waals surface area (Å²) >= 11 is 1.33. The van der Waals surface area contributed by atoms with E-state index in [1.807, 2.05) is 24.3 Å². The lowest BCUT2D eigenvalue weighted by Gasteiger charge is -2.28. The number of ether oxygens (including phenoxy) is 2. The summed E-state index contributed by atoms with van der Waals surface area (Å²) in [5.41, 5.74) is 1.21. The van der Waals surface area contributed by atoms with E-state index in [4.69, 9.17) is 9.47 Å². The first-order chi connectivity index (χ1) is 16.1. The van der Waals surface area contributed by atoms with E-state index in [1.54, 1.807) is 13.3 Å². The first-order valence-electron chi connectivity index (χ1n) is 11.2. The number of rotatable bonds is 5. The number of methoxy groups -OCH3 is 1. The number of halogens is 1. The molecule has 0 amide bonds. The topological polar surface area (TPSA) is 89.5 Å². The molecule has 34 heavy (non-hydrogen) atoms. The molecule has 2 aliphatic rings. The second-order valence-corrected chi connectivity index (χ2v) is 9.74. The third-order valence-electron chi connectivity index (χ3n) is 6.82. The van der Waals surface area contributed by atoms with Crippen LogP contribution >= 0.6 is 23.7 Å². The first kappa shape index (κ1) is 22.9. The van der Waals surface area contributed by atoms with Crippen molar-refractivity contribution in [3.63, 3.8) is 0 Å². The maximum absolute atomic E-state index is 13.0. The fraction of sp³-hybridized carbons (Fsp3) is 0.375. The van der Waals surface area contributed by atoms with Crippen molar-refractivity contribution in [2.45, 2.75) is 18.9 Å². The van der Waals surface area contributed by atoms with Crippen LogP contribution in [-0.2, 0) is 6.54 Å². The number of aromatic amines is 1. The molecule has 3 aromatic heterocycles. The van der Waals surface area contributed by atoms with Gasteiger partial charge in [-0.25, -0.2) is 9.78 Å². The van der Waals surface area contributed by atoms with E-state index < -0.39 is 0 Å². The summed E-state index contributed by atoms with van der Waals surface area (Å²) < 4.78 is 13.3. The number of H-pyrrole nitrogens is 1. The fourth-order valence-electron chi connectivity index (χ4n) is 5.19. The minimum Gasteiger partial charge on any atom is -0.497 e. The number of pyridine rings is 1. The largest absolute Gasteiger partial charge is 0.497 e. The number of fused-ring (bicyclic) bond motifs is 6. The number of likely N-dealkylation sites (tertiary alicyclic amines) is 1. The highest BCUT2D eigenvalue weighted by Crippen LogP contribution is 2.43. The molecule has 2 atom stereocenters. The van der Waals surface area contributed by atoms with Gasteiger partial charge in [0.15, 0.2) is 0 Å². The summed E-state index contributed by atoms with van der Waals surface area (Å²) in [6.45, 7) is 3.83. The van der Waals surface area contributed by atoms with Gasteiger partial charge in [0.2, 0.25) is 0 Å². The minimum absolute atomic E-state index is 0. The van der Waals surface area contributed by atoms with Crippen molar-refractivity contribution < 1.29 is 9.47 Å². The number of benzene rings is 1. The van der Waals surface area contributed by atoms with Gasteiger partial charge >= 0.3 is 5.69 Å². The highest BCUT2D eigenvalue weighted by atomic mass is 35.5. The summed E-state index contributed by atoms with van der Waals surface area (Å²) in [7, 11) is 1.68. The number of nitrogens with zero attached hydrogens (tertiary/aromatic N) is 3. The zero-order valence-electron chi connectivity index (χ0n) is 18.7. The van der Waals surface area contributed by atoms with Crippen molar-refractivity contribution in [3.05, 3.63) is 62.9 Å². The van der Waals surface area contributed by atoms with Gasteiger partial charge in [-0.3, -0.25) is 9.36 Å². The van der Waals surface area contributed by atoms with Gasteiger partial charge in [0.1, 0.15) is 21.0 Å². The molecule has 0 aliphatic carbocycles. The molecule has 178 valence electrons. The van der Waals surface area contributed by atoms with Crippen molar-refractivity contribution in [1.82, 2.24) is 19.4 Å². The third-order valence-corrected chi connectivity index (χ3v) is 7.93. The van der Waals surface area contributed by atoms with E-state index >= 15 is 0 Å². The van der Waals surface area contributed by atoms with Crippen LogP contribution in [0.25, 0.3) is 20.4 Å². The van der Waals surface area contributed by atoms with Crippen molar-refractivity contribution in [2.24, 2.45) is 5.92 Å².